The summed E-state index contributed by atoms with van der Waals surface area (Å²) in [6, 6.07) is 11.5. The Bertz CT molecular complexity index is 638. The number of amides is 1. The van der Waals surface area contributed by atoms with Gasteiger partial charge in [0.2, 0.25) is 0 Å². The van der Waals surface area contributed by atoms with Gasteiger partial charge in [-0.2, -0.15) is 0 Å². The molecule has 2 aromatic rings. The number of pyridine rings is 2. The predicted molar refractivity (Wildman–Crippen MR) is 86.3 cm³/mol. The first-order valence-corrected chi connectivity index (χ1v) is 7.38. The summed E-state index contributed by atoms with van der Waals surface area (Å²) in [7, 11) is 1.61. The highest BCUT2D eigenvalue weighted by Crippen LogP contribution is 2.17. The first-order valence-electron chi connectivity index (χ1n) is 7.38. The van der Waals surface area contributed by atoms with Crippen molar-refractivity contribution in [2.75, 3.05) is 43.0 Å². The fourth-order valence-electron chi connectivity index (χ4n) is 2.56. The van der Waals surface area contributed by atoms with E-state index in [2.05, 4.69) is 25.1 Å². The zero-order valence-corrected chi connectivity index (χ0v) is 12.6. The van der Waals surface area contributed by atoms with Crippen LogP contribution in [0.1, 0.15) is 10.5 Å². The number of aromatic nitrogens is 2. The molecule has 6 heteroatoms. The van der Waals surface area contributed by atoms with Gasteiger partial charge in [0.15, 0.2) is 0 Å². The van der Waals surface area contributed by atoms with Gasteiger partial charge in [-0.3, -0.25) is 4.79 Å². The van der Waals surface area contributed by atoms with Gasteiger partial charge >= 0.3 is 0 Å². The van der Waals surface area contributed by atoms with Crippen LogP contribution in [-0.2, 0) is 0 Å². The number of carbonyl (C=O) groups is 1. The van der Waals surface area contributed by atoms with Crippen molar-refractivity contribution < 1.29 is 4.79 Å². The molecule has 3 heterocycles. The third-order valence-corrected chi connectivity index (χ3v) is 3.77. The lowest BCUT2D eigenvalue weighted by atomic mass is 10.2. The lowest BCUT2D eigenvalue weighted by molar-refractivity contribution is 0.0958. The molecule has 6 nitrogen and oxygen atoms in total. The van der Waals surface area contributed by atoms with Crippen LogP contribution in [0.3, 0.4) is 0 Å². The molecule has 0 atom stereocenters. The highest BCUT2D eigenvalue weighted by Gasteiger charge is 2.19. The summed E-state index contributed by atoms with van der Waals surface area (Å²) in [5.41, 5.74) is 0.451. The standard InChI is InChI=1S/C16H19N5O/c1-17-16(22)13-5-4-7-15(19-13)21-11-9-20(10-12-21)14-6-2-3-8-18-14/h2-8H,9-12H2,1H3,(H,17,22). The van der Waals surface area contributed by atoms with Gasteiger partial charge in [-0.15, -0.1) is 0 Å². The molecule has 0 aliphatic carbocycles. The van der Waals surface area contributed by atoms with Gasteiger partial charge in [-0.25, -0.2) is 9.97 Å². The van der Waals surface area contributed by atoms with Crippen molar-refractivity contribution in [3.8, 4) is 0 Å². The number of anilines is 2. The van der Waals surface area contributed by atoms with Gasteiger partial charge < -0.3 is 15.1 Å². The molecule has 114 valence electrons. The molecule has 3 rings (SSSR count). The zero-order valence-electron chi connectivity index (χ0n) is 12.6. The number of hydrogen-bond donors (Lipinski definition) is 1. The quantitative estimate of drug-likeness (QED) is 0.921. The Kier molecular flexibility index (Phi) is 4.18. The normalized spacial score (nSPS) is 14.8. The maximum absolute atomic E-state index is 11.7. The van der Waals surface area contributed by atoms with Crippen molar-refractivity contribution in [1.29, 1.82) is 0 Å². The van der Waals surface area contributed by atoms with Crippen molar-refractivity contribution in [2.24, 2.45) is 0 Å². The highest BCUT2D eigenvalue weighted by atomic mass is 16.1. The first-order chi connectivity index (χ1) is 10.8. The minimum Gasteiger partial charge on any atom is -0.354 e. The number of hydrogen-bond acceptors (Lipinski definition) is 5. The van der Waals surface area contributed by atoms with E-state index in [1.54, 1.807) is 13.1 Å². The van der Waals surface area contributed by atoms with E-state index in [1.807, 2.05) is 36.5 Å². The Labute approximate surface area is 129 Å². The van der Waals surface area contributed by atoms with E-state index in [4.69, 9.17) is 0 Å². The average molecular weight is 297 g/mol. The third kappa shape index (κ3) is 3.00. The lowest BCUT2D eigenvalue weighted by Crippen LogP contribution is -2.47. The fraction of sp³-hybridized carbons (Fsp3) is 0.312. The van der Waals surface area contributed by atoms with Crippen LogP contribution in [0.15, 0.2) is 42.6 Å². The maximum atomic E-state index is 11.7. The Hall–Kier alpha value is -2.63. The topological polar surface area (TPSA) is 61.4 Å². The van der Waals surface area contributed by atoms with Crippen LogP contribution in [0.2, 0.25) is 0 Å². The highest BCUT2D eigenvalue weighted by molar-refractivity contribution is 5.92. The van der Waals surface area contributed by atoms with Crippen molar-refractivity contribution in [3.63, 3.8) is 0 Å². The van der Waals surface area contributed by atoms with Crippen LogP contribution >= 0.6 is 0 Å². The minimum absolute atomic E-state index is 0.158. The summed E-state index contributed by atoms with van der Waals surface area (Å²) in [4.78, 5) is 25.0. The summed E-state index contributed by atoms with van der Waals surface area (Å²) in [5, 5.41) is 2.60. The molecule has 2 aromatic heterocycles. The van der Waals surface area contributed by atoms with Crippen LogP contribution in [0, 0.1) is 0 Å². The van der Waals surface area contributed by atoms with Gasteiger partial charge in [0.25, 0.3) is 5.91 Å². The minimum atomic E-state index is -0.158. The van der Waals surface area contributed by atoms with Crippen LogP contribution in [0.4, 0.5) is 11.6 Å². The molecule has 1 aliphatic rings. The van der Waals surface area contributed by atoms with E-state index in [1.165, 1.54) is 0 Å². The smallest absolute Gasteiger partial charge is 0.269 e. The van der Waals surface area contributed by atoms with E-state index in [0.29, 0.717) is 5.69 Å². The molecule has 1 amide bonds. The van der Waals surface area contributed by atoms with E-state index >= 15 is 0 Å². The van der Waals surface area contributed by atoms with Crippen LogP contribution in [0.5, 0.6) is 0 Å². The molecule has 0 unspecified atom stereocenters. The summed E-state index contributed by atoms with van der Waals surface area (Å²) >= 11 is 0. The second-order valence-corrected chi connectivity index (χ2v) is 5.12. The van der Waals surface area contributed by atoms with Crippen molar-refractivity contribution >= 4 is 17.5 Å². The van der Waals surface area contributed by atoms with Crippen LogP contribution in [-0.4, -0.2) is 49.1 Å². The fourth-order valence-corrected chi connectivity index (χ4v) is 2.56. The predicted octanol–water partition coefficient (Wildman–Crippen LogP) is 1.16. The Balaban J connectivity index is 1.68. The summed E-state index contributed by atoms with van der Waals surface area (Å²) in [6.45, 7) is 3.51. The average Bonchev–Trinajstić information content (AvgIpc) is 2.62. The number of piperazine rings is 1. The summed E-state index contributed by atoms with van der Waals surface area (Å²) < 4.78 is 0. The van der Waals surface area contributed by atoms with Crippen LogP contribution < -0.4 is 15.1 Å². The van der Waals surface area contributed by atoms with Gasteiger partial charge in [-0.05, 0) is 24.3 Å². The molecule has 1 fully saturated rings. The Morgan fingerprint density at radius 2 is 1.68 bits per heavy atom. The summed E-state index contributed by atoms with van der Waals surface area (Å²) in [6.07, 6.45) is 1.82. The monoisotopic (exact) mass is 297 g/mol. The lowest BCUT2D eigenvalue weighted by Gasteiger charge is -2.36. The van der Waals surface area contributed by atoms with Crippen molar-refractivity contribution in [3.05, 3.63) is 48.3 Å². The Morgan fingerprint density at radius 1 is 1.00 bits per heavy atom. The van der Waals surface area contributed by atoms with Gasteiger partial charge in [-0.1, -0.05) is 12.1 Å². The molecule has 1 saturated heterocycles. The third-order valence-electron chi connectivity index (χ3n) is 3.77. The number of nitrogens with zero attached hydrogens (tertiary/aromatic N) is 4. The summed E-state index contributed by atoms with van der Waals surface area (Å²) in [5.74, 6) is 1.70. The zero-order chi connectivity index (χ0) is 15.4. The molecule has 0 bridgehead atoms. The molecule has 0 aromatic carbocycles. The molecule has 1 N–H and O–H groups in total. The molecule has 0 saturated carbocycles. The molecule has 0 radical (unpaired) electrons. The molecular formula is C16H19N5O. The van der Waals surface area contributed by atoms with Gasteiger partial charge in [0.1, 0.15) is 17.3 Å². The molecular weight excluding hydrogens is 278 g/mol. The van der Waals surface area contributed by atoms with Crippen molar-refractivity contribution in [1.82, 2.24) is 15.3 Å². The second-order valence-electron chi connectivity index (χ2n) is 5.12. The van der Waals surface area contributed by atoms with E-state index < -0.39 is 0 Å². The van der Waals surface area contributed by atoms with Gasteiger partial charge in [0.05, 0.1) is 0 Å². The number of carbonyl (C=O) groups excluding carboxylic acids is 1. The molecule has 0 spiro atoms. The maximum Gasteiger partial charge on any atom is 0.269 e. The number of rotatable bonds is 3. The van der Waals surface area contributed by atoms with E-state index in [0.717, 1.165) is 37.8 Å². The van der Waals surface area contributed by atoms with Crippen molar-refractivity contribution in [2.45, 2.75) is 0 Å². The first kappa shape index (κ1) is 14.3. The SMILES string of the molecule is CNC(=O)c1cccc(N2CCN(c3ccccn3)CC2)n1. The van der Waals surface area contributed by atoms with Crippen LogP contribution in [0.25, 0.3) is 0 Å². The Morgan fingerprint density at radius 3 is 2.32 bits per heavy atom. The van der Waals surface area contributed by atoms with Gasteiger partial charge in [0, 0.05) is 39.4 Å². The van der Waals surface area contributed by atoms with E-state index in [9.17, 15) is 4.79 Å². The second kappa shape index (κ2) is 6.43. The molecule has 1 aliphatic heterocycles. The molecule has 22 heavy (non-hydrogen) atoms. The largest absolute Gasteiger partial charge is 0.354 e. The number of nitrogens with one attached hydrogen (secondary N) is 1. The van der Waals surface area contributed by atoms with E-state index in [-0.39, 0.29) is 5.91 Å².